The molecule has 22 heavy (non-hydrogen) atoms. The summed E-state index contributed by atoms with van der Waals surface area (Å²) in [6, 6.07) is 11.4. The highest BCUT2D eigenvalue weighted by Crippen LogP contribution is 2.33. The Morgan fingerprint density at radius 1 is 1.05 bits per heavy atom. The summed E-state index contributed by atoms with van der Waals surface area (Å²) in [6.45, 7) is 1.98. The molecule has 5 heteroatoms. The fraction of sp³-hybridized carbons (Fsp3) is 0.176. The van der Waals surface area contributed by atoms with E-state index in [9.17, 15) is 0 Å². The molecule has 3 aromatic rings. The molecule has 0 radical (unpaired) electrons. The molecule has 0 amide bonds. The van der Waals surface area contributed by atoms with Gasteiger partial charge in [0.25, 0.3) is 0 Å². The van der Waals surface area contributed by atoms with Crippen LogP contribution in [0.1, 0.15) is 5.69 Å². The summed E-state index contributed by atoms with van der Waals surface area (Å²) in [5.74, 6) is 2.20. The van der Waals surface area contributed by atoms with Crippen LogP contribution in [-0.2, 0) is 0 Å². The van der Waals surface area contributed by atoms with Crippen molar-refractivity contribution < 1.29 is 9.47 Å². The highest BCUT2D eigenvalue weighted by atomic mass is 16.5. The van der Waals surface area contributed by atoms with Crippen LogP contribution in [0, 0.1) is 6.92 Å². The largest absolute Gasteiger partial charge is 0.497 e. The normalized spacial score (nSPS) is 10.5. The first-order valence-corrected chi connectivity index (χ1v) is 6.93. The molecule has 0 aliphatic heterocycles. The molecule has 0 bridgehead atoms. The molecule has 3 rings (SSSR count). The average Bonchev–Trinajstić information content (AvgIpc) is 2.96. The third kappa shape index (κ3) is 2.53. The van der Waals surface area contributed by atoms with E-state index >= 15 is 0 Å². The van der Waals surface area contributed by atoms with Crippen molar-refractivity contribution in [3.05, 3.63) is 48.3 Å². The third-order valence-electron chi connectivity index (χ3n) is 3.46. The van der Waals surface area contributed by atoms with Gasteiger partial charge in [0, 0.05) is 18.0 Å². The van der Waals surface area contributed by atoms with Crippen LogP contribution < -0.4 is 9.47 Å². The topological polar surface area (TPSA) is 60.0 Å². The van der Waals surface area contributed by atoms with E-state index in [2.05, 4.69) is 15.0 Å². The van der Waals surface area contributed by atoms with E-state index < -0.39 is 0 Å². The van der Waals surface area contributed by atoms with Crippen LogP contribution in [0.4, 0.5) is 0 Å². The number of aromatic amines is 1. The number of rotatable bonds is 4. The van der Waals surface area contributed by atoms with E-state index in [0.717, 1.165) is 34.2 Å². The van der Waals surface area contributed by atoms with E-state index in [4.69, 9.17) is 9.47 Å². The molecule has 0 saturated carbocycles. The van der Waals surface area contributed by atoms with E-state index in [1.807, 2.05) is 43.3 Å². The van der Waals surface area contributed by atoms with Gasteiger partial charge in [-0.3, -0.25) is 4.98 Å². The van der Waals surface area contributed by atoms with Crippen LogP contribution in [0.2, 0.25) is 0 Å². The molecule has 1 N–H and O–H groups in total. The molecular formula is C17H17N3O2. The summed E-state index contributed by atoms with van der Waals surface area (Å²) in [5.41, 5.74) is 3.53. The van der Waals surface area contributed by atoms with Crippen molar-refractivity contribution in [2.45, 2.75) is 6.92 Å². The van der Waals surface area contributed by atoms with Crippen molar-refractivity contribution in [3.8, 4) is 34.3 Å². The Morgan fingerprint density at radius 2 is 1.91 bits per heavy atom. The standard InChI is InChI=1S/C17H17N3O2/c1-11-16(14-6-4-5-9-18-14)20-17(19-11)13-8-7-12(21-2)10-15(13)22-3/h4-10H,1-3H3,(H,19,20). The minimum Gasteiger partial charge on any atom is -0.497 e. The van der Waals surface area contributed by atoms with Crippen LogP contribution in [0.3, 0.4) is 0 Å². The first-order valence-electron chi connectivity index (χ1n) is 6.93. The first-order chi connectivity index (χ1) is 10.7. The maximum absolute atomic E-state index is 5.44. The lowest BCUT2D eigenvalue weighted by Gasteiger charge is -2.08. The molecule has 0 atom stereocenters. The fourth-order valence-corrected chi connectivity index (χ4v) is 2.33. The molecule has 2 aromatic heterocycles. The Kier molecular flexibility index (Phi) is 3.78. The number of benzene rings is 1. The zero-order valence-corrected chi connectivity index (χ0v) is 12.8. The molecular weight excluding hydrogens is 278 g/mol. The van der Waals surface area contributed by atoms with Gasteiger partial charge in [0.15, 0.2) is 0 Å². The van der Waals surface area contributed by atoms with Gasteiger partial charge in [-0.2, -0.15) is 0 Å². The zero-order chi connectivity index (χ0) is 15.5. The number of nitrogens with one attached hydrogen (secondary N) is 1. The first kappa shape index (κ1) is 14.1. The number of hydrogen-bond acceptors (Lipinski definition) is 4. The predicted octanol–water partition coefficient (Wildman–Crippen LogP) is 3.46. The molecule has 5 nitrogen and oxygen atoms in total. The van der Waals surface area contributed by atoms with Gasteiger partial charge in [-0.05, 0) is 31.2 Å². The van der Waals surface area contributed by atoms with E-state index in [0.29, 0.717) is 5.75 Å². The van der Waals surface area contributed by atoms with Crippen LogP contribution in [-0.4, -0.2) is 29.2 Å². The number of methoxy groups -OCH3 is 2. The van der Waals surface area contributed by atoms with E-state index in [1.54, 1.807) is 20.4 Å². The lowest BCUT2D eigenvalue weighted by molar-refractivity contribution is 0.395. The second-order valence-corrected chi connectivity index (χ2v) is 4.84. The average molecular weight is 295 g/mol. The molecule has 0 fully saturated rings. The van der Waals surface area contributed by atoms with Gasteiger partial charge < -0.3 is 14.5 Å². The molecule has 0 aliphatic carbocycles. The minimum absolute atomic E-state index is 0.709. The smallest absolute Gasteiger partial charge is 0.142 e. The second-order valence-electron chi connectivity index (χ2n) is 4.84. The van der Waals surface area contributed by atoms with E-state index in [1.165, 1.54) is 0 Å². The van der Waals surface area contributed by atoms with Crippen molar-refractivity contribution in [2.75, 3.05) is 14.2 Å². The Bertz CT molecular complexity index is 782. The van der Waals surface area contributed by atoms with Gasteiger partial charge in [0.1, 0.15) is 23.0 Å². The van der Waals surface area contributed by atoms with Crippen LogP contribution in [0.5, 0.6) is 11.5 Å². The molecule has 0 unspecified atom stereocenters. The maximum atomic E-state index is 5.44. The number of aromatic nitrogens is 3. The summed E-state index contributed by atoms with van der Waals surface area (Å²) in [5, 5.41) is 0. The van der Waals surface area contributed by atoms with Crippen molar-refractivity contribution in [1.82, 2.24) is 15.0 Å². The lowest BCUT2D eigenvalue weighted by Crippen LogP contribution is -1.91. The highest BCUT2D eigenvalue weighted by molar-refractivity contribution is 5.70. The number of imidazole rings is 1. The Morgan fingerprint density at radius 3 is 2.59 bits per heavy atom. The quantitative estimate of drug-likeness (QED) is 0.800. The van der Waals surface area contributed by atoms with Crippen molar-refractivity contribution in [3.63, 3.8) is 0 Å². The minimum atomic E-state index is 0.709. The number of hydrogen-bond donors (Lipinski definition) is 1. The SMILES string of the molecule is COc1ccc(-c2nc(-c3ccccn3)c(C)[nH]2)c(OC)c1. The summed E-state index contributed by atoms with van der Waals surface area (Å²) in [4.78, 5) is 12.3. The molecule has 0 saturated heterocycles. The van der Waals surface area contributed by atoms with E-state index in [-0.39, 0.29) is 0 Å². The summed E-state index contributed by atoms with van der Waals surface area (Å²) in [6.07, 6.45) is 1.76. The molecule has 0 spiro atoms. The number of aryl methyl sites for hydroxylation is 1. The van der Waals surface area contributed by atoms with Gasteiger partial charge in [-0.15, -0.1) is 0 Å². The van der Waals surface area contributed by atoms with Crippen molar-refractivity contribution in [2.24, 2.45) is 0 Å². The number of nitrogens with zero attached hydrogens (tertiary/aromatic N) is 2. The molecule has 1 aromatic carbocycles. The monoisotopic (exact) mass is 295 g/mol. The van der Waals surface area contributed by atoms with Gasteiger partial charge >= 0.3 is 0 Å². The van der Waals surface area contributed by atoms with Crippen LogP contribution in [0.15, 0.2) is 42.6 Å². The number of pyridine rings is 1. The summed E-state index contributed by atoms with van der Waals surface area (Å²) in [7, 11) is 3.26. The van der Waals surface area contributed by atoms with Crippen LogP contribution in [0.25, 0.3) is 22.8 Å². The lowest BCUT2D eigenvalue weighted by atomic mass is 10.2. The second kappa shape index (κ2) is 5.89. The Hall–Kier alpha value is -2.82. The number of H-pyrrole nitrogens is 1. The van der Waals surface area contributed by atoms with Crippen molar-refractivity contribution in [1.29, 1.82) is 0 Å². The number of ether oxygens (including phenoxy) is 2. The predicted molar refractivity (Wildman–Crippen MR) is 85.1 cm³/mol. The van der Waals surface area contributed by atoms with Gasteiger partial charge in [-0.1, -0.05) is 6.07 Å². The Balaban J connectivity index is 2.07. The summed E-state index contributed by atoms with van der Waals surface area (Å²) >= 11 is 0. The summed E-state index contributed by atoms with van der Waals surface area (Å²) < 4.78 is 10.7. The third-order valence-corrected chi connectivity index (χ3v) is 3.46. The highest BCUT2D eigenvalue weighted by Gasteiger charge is 2.15. The van der Waals surface area contributed by atoms with Gasteiger partial charge in [-0.25, -0.2) is 4.98 Å². The fourth-order valence-electron chi connectivity index (χ4n) is 2.33. The van der Waals surface area contributed by atoms with Gasteiger partial charge in [0.05, 0.1) is 25.5 Å². The molecule has 2 heterocycles. The van der Waals surface area contributed by atoms with Gasteiger partial charge in [0.2, 0.25) is 0 Å². The molecule has 0 aliphatic rings. The van der Waals surface area contributed by atoms with Crippen LogP contribution >= 0.6 is 0 Å². The zero-order valence-electron chi connectivity index (χ0n) is 12.8. The van der Waals surface area contributed by atoms with Crippen molar-refractivity contribution >= 4 is 0 Å². The Labute approximate surface area is 129 Å². The molecule has 112 valence electrons. The maximum Gasteiger partial charge on any atom is 0.142 e.